The van der Waals surface area contributed by atoms with E-state index in [1.165, 1.54) is 35.3 Å². The molecule has 1 aliphatic rings. The van der Waals surface area contributed by atoms with E-state index in [9.17, 15) is 4.79 Å². The first-order valence-electron chi connectivity index (χ1n) is 8.64. The van der Waals surface area contributed by atoms with Crippen molar-refractivity contribution in [3.8, 4) is 10.6 Å². The standard InChI is InChI=1S/C19H25N3OS/c1-4-22-9-5-6-15(22)11-20-18(23)17-12-21-19(24-17)16-8-7-13(2)10-14(16)3/h7-8,10,12,15H,4-6,9,11H2,1-3H3,(H,20,23). The molecule has 1 atom stereocenters. The Morgan fingerprint density at radius 3 is 3.00 bits per heavy atom. The molecule has 1 amide bonds. The highest BCUT2D eigenvalue weighted by atomic mass is 32.1. The molecule has 1 aromatic carbocycles. The molecule has 0 radical (unpaired) electrons. The number of hydrogen-bond donors (Lipinski definition) is 1. The normalized spacial score (nSPS) is 18.0. The molecule has 0 bridgehead atoms. The van der Waals surface area contributed by atoms with Crippen LogP contribution in [0.1, 0.15) is 40.6 Å². The van der Waals surface area contributed by atoms with E-state index < -0.39 is 0 Å². The van der Waals surface area contributed by atoms with E-state index in [1.807, 2.05) is 0 Å². The minimum Gasteiger partial charge on any atom is -0.350 e. The number of thiazole rings is 1. The monoisotopic (exact) mass is 343 g/mol. The first-order valence-corrected chi connectivity index (χ1v) is 9.46. The van der Waals surface area contributed by atoms with Crippen LogP contribution in [-0.2, 0) is 0 Å². The number of rotatable bonds is 5. The summed E-state index contributed by atoms with van der Waals surface area (Å²) in [5, 5.41) is 3.99. The van der Waals surface area contributed by atoms with Crippen LogP contribution in [0.2, 0.25) is 0 Å². The summed E-state index contributed by atoms with van der Waals surface area (Å²) in [6, 6.07) is 6.80. The van der Waals surface area contributed by atoms with Crippen molar-refractivity contribution in [2.45, 2.75) is 39.7 Å². The summed E-state index contributed by atoms with van der Waals surface area (Å²) in [4.78, 5) is 20.0. The van der Waals surface area contributed by atoms with Gasteiger partial charge in [-0.25, -0.2) is 4.98 Å². The van der Waals surface area contributed by atoms with Crippen molar-refractivity contribution >= 4 is 17.2 Å². The summed E-state index contributed by atoms with van der Waals surface area (Å²) in [5.74, 6) is -0.00790. The second kappa shape index (κ2) is 7.45. The van der Waals surface area contributed by atoms with Gasteiger partial charge < -0.3 is 5.32 Å². The third-order valence-electron chi connectivity index (χ3n) is 4.75. The topological polar surface area (TPSA) is 45.2 Å². The Morgan fingerprint density at radius 2 is 2.25 bits per heavy atom. The number of carbonyl (C=O) groups excluding carboxylic acids is 1. The van der Waals surface area contributed by atoms with Crippen LogP contribution >= 0.6 is 11.3 Å². The molecule has 0 saturated carbocycles. The fourth-order valence-corrected chi connectivity index (χ4v) is 4.32. The molecule has 1 fully saturated rings. The lowest BCUT2D eigenvalue weighted by molar-refractivity contribution is 0.0945. The Morgan fingerprint density at radius 1 is 1.42 bits per heavy atom. The van der Waals surface area contributed by atoms with Crippen LogP contribution in [0.25, 0.3) is 10.6 Å². The molecule has 0 spiro atoms. The smallest absolute Gasteiger partial charge is 0.263 e. The summed E-state index contributed by atoms with van der Waals surface area (Å²) in [5.41, 5.74) is 3.54. The number of likely N-dealkylation sites (N-methyl/N-ethyl adjacent to an activating group) is 1. The van der Waals surface area contributed by atoms with Gasteiger partial charge in [0.25, 0.3) is 5.91 Å². The van der Waals surface area contributed by atoms with Gasteiger partial charge in [-0.05, 0) is 45.3 Å². The van der Waals surface area contributed by atoms with E-state index in [0.29, 0.717) is 10.9 Å². The number of benzene rings is 1. The zero-order valence-corrected chi connectivity index (χ0v) is 15.4. The van der Waals surface area contributed by atoms with Gasteiger partial charge >= 0.3 is 0 Å². The van der Waals surface area contributed by atoms with Gasteiger partial charge in [-0.1, -0.05) is 30.7 Å². The Hall–Kier alpha value is -1.72. The number of aromatic nitrogens is 1. The number of hydrogen-bond acceptors (Lipinski definition) is 4. The average Bonchev–Trinajstić information content (AvgIpc) is 3.21. The number of amides is 1. The Labute approximate surface area is 147 Å². The summed E-state index contributed by atoms with van der Waals surface area (Å²) in [6.45, 7) is 9.28. The van der Waals surface area contributed by atoms with Crippen LogP contribution in [0.4, 0.5) is 0 Å². The van der Waals surface area contributed by atoms with Crippen LogP contribution in [0, 0.1) is 13.8 Å². The lowest BCUT2D eigenvalue weighted by Gasteiger charge is -2.22. The largest absolute Gasteiger partial charge is 0.350 e. The van der Waals surface area contributed by atoms with E-state index in [1.54, 1.807) is 6.20 Å². The van der Waals surface area contributed by atoms with E-state index in [2.05, 4.69) is 54.2 Å². The Balaban J connectivity index is 1.65. The highest BCUT2D eigenvalue weighted by molar-refractivity contribution is 7.16. The van der Waals surface area contributed by atoms with Crippen molar-refractivity contribution in [2.24, 2.45) is 0 Å². The molecule has 128 valence electrons. The van der Waals surface area contributed by atoms with E-state index in [-0.39, 0.29) is 5.91 Å². The SMILES string of the molecule is CCN1CCCC1CNC(=O)c1cnc(-c2ccc(C)cc2C)s1. The fraction of sp³-hybridized carbons (Fsp3) is 0.474. The molecule has 1 unspecified atom stereocenters. The molecular weight excluding hydrogens is 318 g/mol. The molecule has 1 N–H and O–H groups in total. The van der Waals surface area contributed by atoms with Crippen molar-refractivity contribution in [2.75, 3.05) is 19.6 Å². The number of nitrogens with one attached hydrogen (secondary N) is 1. The zero-order chi connectivity index (χ0) is 17.1. The summed E-state index contributed by atoms with van der Waals surface area (Å²) in [6.07, 6.45) is 4.09. The molecule has 2 heterocycles. The Bertz CT molecular complexity index is 725. The number of aryl methyl sites for hydroxylation is 2. The third kappa shape index (κ3) is 3.68. The van der Waals surface area contributed by atoms with Crippen LogP contribution < -0.4 is 5.32 Å². The Kier molecular flexibility index (Phi) is 5.31. The minimum absolute atomic E-state index is 0.00790. The fourth-order valence-electron chi connectivity index (χ4n) is 3.40. The maximum absolute atomic E-state index is 12.4. The second-order valence-electron chi connectivity index (χ2n) is 6.48. The molecule has 5 heteroatoms. The van der Waals surface area contributed by atoms with E-state index in [0.717, 1.165) is 30.2 Å². The predicted molar refractivity (Wildman–Crippen MR) is 99.6 cm³/mol. The lowest BCUT2D eigenvalue weighted by Crippen LogP contribution is -2.39. The van der Waals surface area contributed by atoms with Crippen LogP contribution in [-0.4, -0.2) is 41.5 Å². The van der Waals surface area contributed by atoms with Gasteiger partial charge in [-0.3, -0.25) is 9.69 Å². The van der Waals surface area contributed by atoms with Crippen molar-refractivity contribution in [3.05, 3.63) is 40.4 Å². The molecule has 1 aliphatic heterocycles. The molecule has 1 saturated heterocycles. The highest BCUT2D eigenvalue weighted by Crippen LogP contribution is 2.28. The van der Waals surface area contributed by atoms with Gasteiger partial charge in [0.05, 0.1) is 6.20 Å². The van der Waals surface area contributed by atoms with Gasteiger partial charge in [0, 0.05) is 18.2 Å². The number of carbonyl (C=O) groups is 1. The maximum atomic E-state index is 12.4. The summed E-state index contributed by atoms with van der Waals surface area (Å²) in [7, 11) is 0. The highest BCUT2D eigenvalue weighted by Gasteiger charge is 2.23. The molecular formula is C19H25N3OS. The van der Waals surface area contributed by atoms with Crippen LogP contribution in [0.5, 0.6) is 0 Å². The number of likely N-dealkylation sites (tertiary alicyclic amines) is 1. The third-order valence-corrected chi connectivity index (χ3v) is 5.77. The molecule has 24 heavy (non-hydrogen) atoms. The lowest BCUT2D eigenvalue weighted by atomic mass is 10.1. The predicted octanol–water partition coefficient (Wildman–Crippen LogP) is 3.64. The summed E-state index contributed by atoms with van der Waals surface area (Å²) >= 11 is 1.47. The van der Waals surface area contributed by atoms with Gasteiger partial charge in [0.2, 0.25) is 0 Å². The number of nitrogens with zero attached hydrogens (tertiary/aromatic N) is 2. The van der Waals surface area contributed by atoms with E-state index in [4.69, 9.17) is 0 Å². The van der Waals surface area contributed by atoms with Gasteiger partial charge in [0.15, 0.2) is 0 Å². The zero-order valence-electron chi connectivity index (χ0n) is 14.6. The molecule has 0 aliphatic carbocycles. The van der Waals surface area contributed by atoms with Crippen molar-refractivity contribution < 1.29 is 4.79 Å². The average molecular weight is 343 g/mol. The molecule has 3 rings (SSSR count). The van der Waals surface area contributed by atoms with Crippen molar-refractivity contribution in [1.29, 1.82) is 0 Å². The van der Waals surface area contributed by atoms with Crippen LogP contribution in [0.3, 0.4) is 0 Å². The first-order chi connectivity index (χ1) is 11.6. The maximum Gasteiger partial charge on any atom is 0.263 e. The summed E-state index contributed by atoms with van der Waals surface area (Å²) < 4.78 is 0. The van der Waals surface area contributed by atoms with Crippen LogP contribution in [0.15, 0.2) is 24.4 Å². The van der Waals surface area contributed by atoms with Crippen molar-refractivity contribution in [1.82, 2.24) is 15.2 Å². The minimum atomic E-state index is -0.00790. The first kappa shape index (κ1) is 17.1. The molecule has 4 nitrogen and oxygen atoms in total. The molecule has 1 aromatic heterocycles. The van der Waals surface area contributed by atoms with Crippen molar-refractivity contribution in [3.63, 3.8) is 0 Å². The van der Waals surface area contributed by atoms with E-state index >= 15 is 0 Å². The quantitative estimate of drug-likeness (QED) is 0.901. The van der Waals surface area contributed by atoms with Gasteiger partial charge in [0.1, 0.15) is 9.88 Å². The second-order valence-corrected chi connectivity index (χ2v) is 7.51. The van der Waals surface area contributed by atoms with Gasteiger partial charge in [-0.2, -0.15) is 0 Å². The molecule has 2 aromatic rings. The van der Waals surface area contributed by atoms with Gasteiger partial charge in [-0.15, -0.1) is 11.3 Å².